The normalized spacial score (nSPS) is 13.8. The predicted octanol–water partition coefficient (Wildman–Crippen LogP) is 3.72. The summed E-state index contributed by atoms with van der Waals surface area (Å²) in [5, 5.41) is 61.2. The van der Waals surface area contributed by atoms with Crippen molar-refractivity contribution in [3.63, 3.8) is 0 Å². The molecule has 2 rings (SSSR count). The third-order valence-electron chi connectivity index (χ3n) is 7.14. The van der Waals surface area contributed by atoms with Gasteiger partial charge in [-0.05, 0) is 78.3 Å². The number of hydrogen-bond acceptors (Lipinski definition) is 9. The highest BCUT2D eigenvalue weighted by Gasteiger charge is 2.34. The van der Waals surface area contributed by atoms with Crippen LogP contribution in [0.1, 0.15) is 46.7 Å². The van der Waals surface area contributed by atoms with Gasteiger partial charge in [0.15, 0.2) is 0 Å². The number of rotatable bonds is 17. The molecule has 0 spiro atoms. The van der Waals surface area contributed by atoms with Crippen molar-refractivity contribution in [1.82, 2.24) is 0 Å². The van der Waals surface area contributed by atoms with Crippen LogP contribution in [0.15, 0.2) is 59.9 Å². The molecule has 0 radical (unpaired) electrons. The zero-order valence-corrected chi connectivity index (χ0v) is 24.4. The molecule has 0 aliphatic carbocycles. The van der Waals surface area contributed by atoms with Crippen LogP contribution >= 0.6 is 0 Å². The molecular formula is C32H44O9. The fourth-order valence-electron chi connectivity index (χ4n) is 4.82. The molecule has 9 heteroatoms. The van der Waals surface area contributed by atoms with E-state index in [0.717, 1.165) is 5.56 Å². The fraction of sp³-hybridized carbons (Fsp3) is 0.438. The van der Waals surface area contributed by atoms with Crippen LogP contribution < -0.4 is 0 Å². The van der Waals surface area contributed by atoms with Gasteiger partial charge in [0, 0.05) is 63.3 Å². The van der Waals surface area contributed by atoms with E-state index in [-0.39, 0.29) is 76.2 Å². The Bertz CT molecular complexity index is 1110. The van der Waals surface area contributed by atoms with Crippen LogP contribution in [0.2, 0.25) is 0 Å². The minimum atomic E-state index is -1.02. The third-order valence-corrected chi connectivity index (χ3v) is 7.14. The number of ether oxygens (including phenoxy) is 3. The maximum atomic E-state index is 10.9. The number of phenolic OH excluding ortho intramolecular Hbond substituents is 2. The molecule has 1 unspecified atom stereocenters. The highest BCUT2D eigenvalue weighted by Crippen LogP contribution is 2.44. The third kappa shape index (κ3) is 8.19. The van der Waals surface area contributed by atoms with E-state index in [2.05, 4.69) is 6.58 Å². The number of aliphatic hydroxyl groups is 4. The van der Waals surface area contributed by atoms with Crippen molar-refractivity contribution in [3.05, 3.63) is 93.3 Å². The van der Waals surface area contributed by atoms with Gasteiger partial charge in [0.2, 0.25) is 0 Å². The van der Waals surface area contributed by atoms with Crippen LogP contribution in [0, 0.1) is 0 Å². The number of aromatic hydroxyl groups is 2. The summed E-state index contributed by atoms with van der Waals surface area (Å²) in [4.78, 5) is 0. The van der Waals surface area contributed by atoms with Gasteiger partial charge in [-0.2, -0.15) is 0 Å². The number of hydrogen-bond donors (Lipinski definition) is 6. The summed E-state index contributed by atoms with van der Waals surface area (Å²) >= 11 is 0. The summed E-state index contributed by atoms with van der Waals surface area (Å²) in [6.45, 7) is 6.17. The second-order valence-corrected chi connectivity index (χ2v) is 9.95. The number of allylic oxidation sites excluding steroid dienone is 2. The Morgan fingerprint density at radius 3 is 1.66 bits per heavy atom. The molecule has 0 bridgehead atoms. The molecule has 0 aliphatic rings. The lowest BCUT2D eigenvalue weighted by molar-refractivity contribution is 0.174. The standard InChI is InChI=1S/C32H44O9/c1-21(13-24(18-39-3)29(36)7-6-10-33)32(2,27-14-22(8-11-34)30(37)23(15-27)9-12-35)28-16-25(19-40-4)31(38)26(17-28)20-41-5/h7,13-17,33-38H,1,6,8-12,18-20H2,2-5H3/b24-13-,29-7-. The molecule has 0 fully saturated rings. The monoisotopic (exact) mass is 572 g/mol. The van der Waals surface area contributed by atoms with Gasteiger partial charge >= 0.3 is 0 Å². The smallest absolute Gasteiger partial charge is 0.126 e. The molecule has 1 atom stereocenters. The SMILES string of the molecule is C=C(/C=C(COC)\C(O)=C\CCO)C(C)(c1cc(CCO)c(O)c(CCO)c1)c1cc(COC)c(O)c(COC)c1. The first-order valence-electron chi connectivity index (χ1n) is 13.4. The van der Waals surface area contributed by atoms with Gasteiger partial charge in [-0.15, -0.1) is 0 Å². The average molecular weight is 573 g/mol. The average Bonchev–Trinajstić information content (AvgIpc) is 2.95. The van der Waals surface area contributed by atoms with E-state index in [4.69, 9.17) is 14.2 Å². The van der Waals surface area contributed by atoms with Crippen molar-refractivity contribution in [1.29, 1.82) is 0 Å². The van der Waals surface area contributed by atoms with E-state index in [1.807, 2.05) is 19.1 Å². The molecule has 0 amide bonds. The first-order chi connectivity index (χ1) is 19.6. The summed E-state index contributed by atoms with van der Waals surface area (Å²) in [6.07, 6.45) is 3.85. The molecule has 41 heavy (non-hydrogen) atoms. The molecule has 226 valence electrons. The lowest BCUT2D eigenvalue weighted by Gasteiger charge is -2.35. The van der Waals surface area contributed by atoms with Crippen molar-refractivity contribution in [2.75, 3.05) is 47.8 Å². The molecule has 0 saturated heterocycles. The molecular weight excluding hydrogens is 528 g/mol. The highest BCUT2D eigenvalue weighted by atomic mass is 16.5. The van der Waals surface area contributed by atoms with Gasteiger partial charge < -0.3 is 44.8 Å². The summed E-state index contributed by atoms with van der Waals surface area (Å²) < 4.78 is 16.1. The van der Waals surface area contributed by atoms with Crippen LogP contribution in [0.5, 0.6) is 11.5 Å². The minimum absolute atomic E-state index is 0.0101. The molecule has 0 saturated carbocycles. The molecule has 6 N–H and O–H groups in total. The van der Waals surface area contributed by atoms with Crippen LogP contribution in [0.3, 0.4) is 0 Å². The Balaban J connectivity index is 2.99. The number of phenols is 2. The highest BCUT2D eigenvalue weighted by molar-refractivity contribution is 5.59. The van der Waals surface area contributed by atoms with Crippen LogP contribution in [-0.2, 0) is 45.7 Å². The van der Waals surface area contributed by atoms with Crippen LogP contribution in [0.25, 0.3) is 0 Å². The Hall–Kier alpha value is -3.18. The maximum Gasteiger partial charge on any atom is 0.126 e. The van der Waals surface area contributed by atoms with Gasteiger partial charge in [0.1, 0.15) is 17.3 Å². The van der Waals surface area contributed by atoms with Gasteiger partial charge in [-0.1, -0.05) is 18.7 Å². The van der Waals surface area contributed by atoms with Crippen LogP contribution in [0.4, 0.5) is 0 Å². The lowest BCUT2D eigenvalue weighted by atomic mass is 9.69. The summed E-state index contributed by atoms with van der Waals surface area (Å²) in [7, 11) is 4.57. The quantitative estimate of drug-likeness (QED) is 0.123. The first kappa shape index (κ1) is 34.0. The summed E-state index contributed by atoms with van der Waals surface area (Å²) in [5.74, 6) is 0.0111. The van der Waals surface area contributed by atoms with E-state index < -0.39 is 5.41 Å². The Morgan fingerprint density at radius 2 is 1.24 bits per heavy atom. The van der Waals surface area contributed by atoms with Crippen LogP contribution in [-0.4, -0.2) is 78.4 Å². The molecule has 9 nitrogen and oxygen atoms in total. The van der Waals surface area contributed by atoms with Crippen molar-refractivity contribution in [2.45, 2.75) is 44.8 Å². The Kier molecular flexibility index (Phi) is 13.5. The zero-order chi connectivity index (χ0) is 30.6. The van der Waals surface area contributed by atoms with Gasteiger partial charge in [-0.25, -0.2) is 0 Å². The van der Waals surface area contributed by atoms with Crippen molar-refractivity contribution in [3.8, 4) is 11.5 Å². The maximum absolute atomic E-state index is 10.9. The summed E-state index contributed by atoms with van der Waals surface area (Å²) in [6, 6.07) is 7.22. The number of benzene rings is 2. The zero-order valence-electron chi connectivity index (χ0n) is 24.4. The molecule has 0 heterocycles. The minimum Gasteiger partial charge on any atom is -0.508 e. The summed E-state index contributed by atoms with van der Waals surface area (Å²) in [5.41, 5.74) is 3.48. The van der Waals surface area contributed by atoms with E-state index in [0.29, 0.717) is 39.0 Å². The second-order valence-electron chi connectivity index (χ2n) is 9.95. The van der Waals surface area contributed by atoms with Crippen molar-refractivity contribution < 1.29 is 44.8 Å². The fourth-order valence-corrected chi connectivity index (χ4v) is 4.82. The first-order valence-corrected chi connectivity index (χ1v) is 13.4. The van der Waals surface area contributed by atoms with E-state index >= 15 is 0 Å². The van der Waals surface area contributed by atoms with Crippen molar-refractivity contribution >= 4 is 0 Å². The largest absolute Gasteiger partial charge is 0.508 e. The Morgan fingerprint density at radius 1 is 0.780 bits per heavy atom. The molecule has 0 aromatic heterocycles. The topological polar surface area (TPSA) is 149 Å². The Labute approximate surface area is 242 Å². The van der Waals surface area contributed by atoms with Gasteiger partial charge in [-0.3, -0.25) is 0 Å². The second kappa shape index (κ2) is 16.3. The number of aliphatic hydroxyl groups excluding tert-OH is 4. The van der Waals surface area contributed by atoms with E-state index in [9.17, 15) is 30.6 Å². The van der Waals surface area contributed by atoms with E-state index in [1.54, 1.807) is 18.2 Å². The van der Waals surface area contributed by atoms with Gasteiger partial charge in [0.05, 0.1) is 19.8 Å². The lowest BCUT2D eigenvalue weighted by Crippen LogP contribution is -2.27. The number of methoxy groups -OCH3 is 3. The van der Waals surface area contributed by atoms with Crippen molar-refractivity contribution in [2.24, 2.45) is 0 Å². The van der Waals surface area contributed by atoms with E-state index in [1.165, 1.54) is 27.4 Å². The predicted molar refractivity (Wildman–Crippen MR) is 157 cm³/mol. The molecule has 2 aromatic rings. The molecule has 0 aliphatic heterocycles. The van der Waals surface area contributed by atoms with Gasteiger partial charge in [0.25, 0.3) is 0 Å². The molecule has 2 aromatic carbocycles.